The predicted octanol–water partition coefficient (Wildman–Crippen LogP) is 1.64. The Bertz CT molecular complexity index is 762. The second-order valence-electron chi connectivity index (χ2n) is 6.10. The number of nitrogens with zero attached hydrogens (tertiary/aromatic N) is 3. The summed E-state index contributed by atoms with van der Waals surface area (Å²) in [5.74, 6) is 0.366. The quantitative estimate of drug-likeness (QED) is 0.841. The summed E-state index contributed by atoms with van der Waals surface area (Å²) >= 11 is 5.96. The highest BCUT2D eigenvalue weighted by molar-refractivity contribution is 6.31. The minimum Gasteiger partial charge on any atom is -0.376 e. The highest BCUT2D eigenvalue weighted by atomic mass is 35.5. The van der Waals surface area contributed by atoms with Gasteiger partial charge in [0.2, 0.25) is 0 Å². The summed E-state index contributed by atoms with van der Waals surface area (Å²) in [4.78, 5) is 12.5. The van der Waals surface area contributed by atoms with E-state index in [0.717, 1.165) is 12.8 Å². The van der Waals surface area contributed by atoms with Crippen LogP contribution in [0.25, 0.3) is 10.9 Å². The van der Waals surface area contributed by atoms with Crippen LogP contribution in [-0.2, 0) is 16.0 Å². The molecule has 22 heavy (non-hydrogen) atoms. The molecule has 116 valence electrons. The van der Waals surface area contributed by atoms with Crippen molar-refractivity contribution in [2.45, 2.75) is 25.0 Å². The van der Waals surface area contributed by atoms with Crippen LogP contribution in [0.4, 0.5) is 0 Å². The Labute approximate surface area is 132 Å². The van der Waals surface area contributed by atoms with Gasteiger partial charge in [-0.2, -0.15) is 0 Å². The average Bonchev–Trinajstić information content (AvgIpc) is 2.50. The van der Waals surface area contributed by atoms with Crippen LogP contribution >= 0.6 is 11.6 Å². The molecule has 6 nitrogen and oxygen atoms in total. The van der Waals surface area contributed by atoms with Crippen molar-refractivity contribution in [1.82, 2.24) is 15.0 Å². The summed E-state index contributed by atoms with van der Waals surface area (Å²) in [6.07, 6.45) is 1.80. The minimum atomic E-state index is -0.144. The number of halogens is 1. The Hall–Kier alpha value is -1.50. The van der Waals surface area contributed by atoms with Crippen LogP contribution in [0.5, 0.6) is 0 Å². The predicted molar refractivity (Wildman–Crippen MR) is 81.0 cm³/mol. The Morgan fingerprint density at radius 3 is 3.00 bits per heavy atom. The van der Waals surface area contributed by atoms with Crippen molar-refractivity contribution < 1.29 is 9.47 Å². The van der Waals surface area contributed by atoms with E-state index in [1.165, 1.54) is 4.68 Å². The molecule has 1 saturated carbocycles. The molecule has 1 aliphatic heterocycles. The molecule has 0 radical (unpaired) electrons. The molecule has 2 aromatic rings. The van der Waals surface area contributed by atoms with Crippen LogP contribution in [-0.4, -0.2) is 40.4 Å². The lowest BCUT2D eigenvalue weighted by Crippen LogP contribution is -2.54. The number of ether oxygens (including phenoxy) is 2. The Morgan fingerprint density at radius 1 is 1.36 bits per heavy atom. The first-order chi connectivity index (χ1) is 10.7. The van der Waals surface area contributed by atoms with Gasteiger partial charge in [0, 0.05) is 11.6 Å². The SMILES string of the molecule is O=c1c2cc(Cl)ccc2nnn1CC1CC2(COCCO2)C1. The molecular formula is C15H16ClN3O3. The molecule has 0 bridgehead atoms. The summed E-state index contributed by atoms with van der Waals surface area (Å²) in [7, 11) is 0. The maximum absolute atomic E-state index is 12.5. The molecule has 0 atom stereocenters. The number of benzene rings is 1. The molecule has 2 fully saturated rings. The van der Waals surface area contributed by atoms with Gasteiger partial charge in [-0.3, -0.25) is 4.79 Å². The third-order valence-corrected chi connectivity index (χ3v) is 4.67. The highest BCUT2D eigenvalue weighted by Crippen LogP contribution is 2.43. The molecular weight excluding hydrogens is 306 g/mol. The van der Waals surface area contributed by atoms with Gasteiger partial charge in [-0.25, -0.2) is 4.68 Å². The van der Waals surface area contributed by atoms with Crippen molar-refractivity contribution in [3.05, 3.63) is 33.6 Å². The first-order valence-corrected chi connectivity index (χ1v) is 7.78. The van der Waals surface area contributed by atoms with E-state index in [2.05, 4.69) is 10.3 Å². The summed E-state index contributed by atoms with van der Waals surface area (Å²) in [5, 5.41) is 9.16. The molecule has 0 amide bonds. The van der Waals surface area contributed by atoms with Crippen LogP contribution in [0.15, 0.2) is 23.0 Å². The second-order valence-corrected chi connectivity index (χ2v) is 6.53. The molecule has 1 aromatic heterocycles. The monoisotopic (exact) mass is 321 g/mol. The van der Waals surface area contributed by atoms with Crippen molar-refractivity contribution in [2.75, 3.05) is 19.8 Å². The third-order valence-electron chi connectivity index (χ3n) is 4.44. The molecule has 0 N–H and O–H groups in total. The lowest BCUT2D eigenvalue weighted by molar-refractivity contribution is -0.211. The van der Waals surface area contributed by atoms with Gasteiger partial charge in [-0.15, -0.1) is 5.10 Å². The van der Waals surface area contributed by atoms with E-state index >= 15 is 0 Å². The Morgan fingerprint density at radius 2 is 2.23 bits per heavy atom. The maximum atomic E-state index is 12.5. The topological polar surface area (TPSA) is 66.2 Å². The van der Waals surface area contributed by atoms with E-state index in [-0.39, 0.29) is 11.2 Å². The fraction of sp³-hybridized carbons (Fsp3) is 0.533. The van der Waals surface area contributed by atoms with Gasteiger partial charge in [0.15, 0.2) is 0 Å². The van der Waals surface area contributed by atoms with Crippen molar-refractivity contribution in [3.63, 3.8) is 0 Å². The van der Waals surface area contributed by atoms with Crippen LogP contribution in [0.2, 0.25) is 5.02 Å². The fourth-order valence-electron chi connectivity index (χ4n) is 3.39. The Kier molecular flexibility index (Phi) is 3.40. The average molecular weight is 322 g/mol. The van der Waals surface area contributed by atoms with E-state index < -0.39 is 0 Å². The molecule has 1 saturated heterocycles. The number of rotatable bonds is 2. The normalized spacial score (nSPS) is 28.0. The zero-order valence-electron chi connectivity index (χ0n) is 12.0. The van der Waals surface area contributed by atoms with Gasteiger partial charge < -0.3 is 9.47 Å². The summed E-state index contributed by atoms with van der Waals surface area (Å²) in [6.45, 7) is 2.53. The zero-order chi connectivity index (χ0) is 15.2. The maximum Gasteiger partial charge on any atom is 0.277 e. The van der Waals surface area contributed by atoms with E-state index in [4.69, 9.17) is 21.1 Å². The lowest BCUT2D eigenvalue weighted by atomic mass is 9.71. The summed E-state index contributed by atoms with van der Waals surface area (Å²) < 4.78 is 12.7. The first-order valence-electron chi connectivity index (χ1n) is 7.40. The molecule has 1 spiro atoms. The van der Waals surface area contributed by atoms with Gasteiger partial charge in [0.25, 0.3) is 5.56 Å². The second kappa shape index (κ2) is 5.30. The summed E-state index contributed by atoms with van der Waals surface area (Å²) in [6, 6.07) is 5.06. The van der Waals surface area contributed by atoms with Gasteiger partial charge in [0.1, 0.15) is 5.52 Å². The number of fused-ring (bicyclic) bond motifs is 1. The number of aromatic nitrogens is 3. The lowest BCUT2D eigenvalue weighted by Gasteiger charge is -2.49. The van der Waals surface area contributed by atoms with Gasteiger partial charge in [-0.1, -0.05) is 16.8 Å². The standard InChI is InChI=1S/C15H16ClN3O3/c16-11-1-2-13-12(5-11)14(20)19(18-17-13)8-10-6-15(7-10)9-21-3-4-22-15/h1-2,5,10H,3-4,6-9H2. The first kappa shape index (κ1) is 14.1. The molecule has 1 aliphatic carbocycles. The summed E-state index contributed by atoms with van der Waals surface area (Å²) in [5.41, 5.74) is 0.286. The van der Waals surface area contributed by atoms with Crippen LogP contribution < -0.4 is 5.56 Å². The smallest absolute Gasteiger partial charge is 0.277 e. The van der Waals surface area contributed by atoms with E-state index in [1.54, 1.807) is 18.2 Å². The number of hydrogen-bond acceptors (Lipinski definition) is 5. The van der Waals surface area contributed by atoms with Crippen molar-refractivity contribution in [2.24, 2.45) is 5.92 Å². The molecule has 2 heterocycles. The Balaban J connectivity index is 1.53. The third kappa shape index (κ3) is 2.41. The van der Waals surface area contributed by atoms with E-state index in [9.17, 15) is 4.79 Å². The van der Waals surface area contributed by atoms with Crippen molar-refractivity contribution >= 4 is 22.5 Å². The molecule has 2 aliphatic rings. The van der Waals surface area contributed by atoms with Crippen LogP contribution in [0.3, 0.4) is 0 Å². The van der Waals surface area contributed by atoms with Gasteiger partial charge in [-0.05, 0) is 37.0 Å². The van der Waals surface area contributed by atoms with Crippen molar-refractivity contribution in [1.29, 1.82) is 0 Å². The van der Waals surface area contributed by atoms with E-state index in [0.29, 0.717) is 48.2 Å². The minimum absolute atomic E-state index is 0.139. The van der Waals surface area contributed by atoms with Gasteiger partial charge >= 0.3 is 0 Å². The van der Waals surface area contributed by atoms with E-state index in [1.807, 2.05) is 0 Å². The molecule has 1 aromatic carbocycles. The number of hydrogen-bond donors (Lipinski definition) is 0. The largest absolute Gasteiger partial charge is 0.376 e. The van der Waals surface area contributed by atoms with Gasteiger partial charge in [0.05, 0.1) is 30.8 Å². The van der Waals surface area contributed by atoms with Crippen molar-refractivity contribution in [3.8, 4) is 0 Å². The zero-order valence-corrected chi connectivity index (χ0v) is 12.8. The highest BCUT2D eigenvalue weighted by Gasteiger charge is 2.47. The molecule has 7 heteroatoms. The fourth-order valence-corrected chi connectivity index (χ4v) is 3.56. The van der Waals surface area contributed by atoms with Crippen LogP contribution in [0, 0.1) is 5.92 Å². The van der Waals surface area contributed by atoms with Crippen LogP contribution in [0.1, 0.15) is 12.8 Å². The molecule has 4 rings (SSSR count). The molecule has 0 unspecified atom stereocenters.